The Morgan fingerprint density at radius 2 is 1.65 bits per heavy atom. The van der Waals surface area contributed by atoms with Gasteiger partial charge in [0.1, 0.15) is 5.04 Å². The SMILES string of the molecule is CSC(=N/S(=O)(=O)c1ccc(C)cc1)/C(C)=C/c1ccccc1. The van der Waals surface area contributed by atoms with Crippen molar-refractivity contribution >= 4 is 32.9 Å². The van der Waals surface area contributed by atoms with E-state index in [0.29, 0.717) is 5.04 Å². The summed E-state index contributed by atoms with van der Waals surface area (Å²) in [6.07, 6.45) is 3.76. The van der Waals surface area contributed by atoms with Crippen LogP contribution in [0, 0.1) is 6.92 Å². The molecule has 0 aliphatic rings. The summed E-state index contributed by atoms with van der Waals surface area (Å²) in [5.74, 6) is 0. The zero-order valence-electron chi connectivity index (χ0n) is 13.4. The Hall–Kier alpha value is -1.85. The number of rotatable bonds is 4. The molecule has 5 heteroatoms. The highest BCUT2D eigenvalue weighted by Crippen LogP contribution is 2.19. The molecular weight excluding hydrogens is 326 g/mol. The molecule has 2 aromatic carbocycles. The second kappa shape index (κ2) is 7.62. The molecule has 0 bridgehead atoms. The normalized spacial score (nSPS) is 13.2. The Bertz CT molecular complexity index is 821. The van der Waals surface area contributed by atoms with E-state index in [9.17, 15) is 8.42 Å². The Morgan fingerprint density at radius 1 is 1.04 bits per heavy atom. The van der Waals surface area contributed by atoms with Gasteiger partial charge < -0.3 is 0 Å². The molecule has 0 aliphatic carbocycles. The fourth-order valence-electron chi connectivity index (χ4n) is 2.00. The molecule has 0 aliphatic heterocycles. The first-order valence-corrected chi connectivity index (χ1v) is 9.78. The maximum Gasteiger partial charge on any atom is 0.283 e. The van der Waals surface area contributed by atoms with E-state index in [1.165, 1.54) is 11.8 Å². The molecule has 0 aromatic heterocycles. The average molecular weight is 345 g/mol. The number of sulfonamides is 1. The van der Waals surface area contributed by atoms with E-state index in [4.69, 9.17) is 0 Å². The van der Waals surface area contributed by atoms with Gasteiger partial charge in [0.2, 0.25) is 0 Å². The summed E-state index contributed by atoms with van der Waals surface area (Å²) in [6, 6.07) is 16.5. The highest BCUT2D eigenvalue weighted by molar-refractivity contribution is 8.14. The van der Waals surface area contributed by atoms with Crippen molar-refractivity contribution in [2.75, 3.05) is 6.26 Å². The number of hydrogen-bond acceptors (Lipinski definition) is 3. The van der Waals surface area contributed by atoms with Crippen LogP contribution in [-0.2, 0) is 10.0 Å². The van der Waals surface area contributed by atoms with Crippen molar-refractivity contribution < 1.29 is 8.42 Å². The van der Waals surface area contributed by atoms with E-state index in [1.807, 2.05) is 56.5 Å². The first-order chi connectivity index (χ1) is 10.9. The predicted octanol–water partition coefficient (Wildman–Crippen LogP) is 4.55. The van der Waals surface area contributed by atoms with Crippen molar-refractivity contribution in [1.82, 2.24) is 0 Å². The molecule has 0 heterocycles. The summed E-state index contributed by atoms with van der Waals surface area (Å²) in [4.78, 5) is 0.210. The molecule has 2 rings (SSSR count). The fourth-order valence-corrected chi connectivity index (χ4v) is 3.92. The summed E-state index contributed by atoms with van der Waals surface area (Å²) in [6.45, 7) is 3.78. The van der Waals surface area contributed by atoms with Crippen LogP contribution in [0.2, 0.25) is 0 Å². The van der Waals surface area contributed by atoms with E-state index in [2.05, 4.69) is 4.40 Å². The summed E-state index contributed by atoms with van der Waals surface area (Å²) < 4.78 is 28.9. The standard InChI is InChI=1S/C18H19NO2S2/c1-14-9-11-17(12-10-14)23(20,21)19-18(22-3)15(2)13-16-7-5-4-6-8-16/h4-13H,1-3H3/b15-13+,19-18+. The van der Waals surface area contributed by atoms with Gasteiger partial charge in [-0.1, -0.05) is 48.0 Å². The first kappa shape index (κ1) is 17.5. The molecular formula is C18H19NO2S2. The summed E-state index contributed by atoms with van der Waals surface area (Å²) in [7, 11) is -3.70. The minimum absolute atomic E-state index is 0.210. The molecule has 0 fully saturated rings. The van der Waals surface area contributed by atoms with Crippen molar-refractivity contribution in [3.05, 3.63) is 71.3 Å². The maximum absolute atomic E-state index is 12.4. The topological polar surface area (TPSA) is 46.5 Å². The molecule has 0 saturated carbocycles. The van der Waals surface area contributed by atoms with E-state index in [1.54, 1.807) is 24.3 Å². The van der Waals surface area contributed by atoms with Gasteiger partial charge in [0, 0.05) is 0 Å². The average Bonchev–Trinajstić information content (AvgIpc) is 2.54. The Labute approximate surface area is 142 Å². The predicted molar refractivity (Wildman–Crippen MR) is 99.4 cm³/mol. The van der Waals surface area contributed by atoms with Crippen molar-refractivity contribution in [3.8, 4) is 0 Å². The minimum atomic E-state index is -3.70. The highest BCUT2D eigenvalue weighted by Gasteiger charge is 2.14. The van der Waals surface area contributed by atoms with Crippen molar-refractivity contribution in [2.45, 2.75) is 18.7 Å². The van der Waals surface area contributed by atoms with Gasteiger partial charge in [0.05, 0.1) is 4.90 Å². The van der Waals surface area contributed by atoms with E-state index >= 15 is 0 Å². The van der Waals surface area contributed by atoms with Gasteiger partial charge in [0.25, 0.3) is 10.0 Å². The summed E-state index contributed by atoms with van der Waals surface area (Å²) >= 11 is 1.32. The zero-order chi connectivity index (χ0) is 16.9. The van der Waals surface area contributed by atoms with Gasteiger partial charge in [0.15, 0.2) is 0 Å². The lowest BCUT2D eigenvalue weighted by Gasteiger charge is -2.05. The number of hydrogen-bond donors (Lipinski definition) is 0. The minimum Gasteiger partial charge on any atom is -0.199 e. The van der Waals surface area contributed by atoms with Crippen LogP contribution in [0.3, 0.4) is 0 Å². The summed E-state index contributed by atoms with van der Waals surface area (Å²) in [5, 5.41) is 0.495. The second-order valence-corrected chi connectivity index (χ2v) is 7.53. The number of nitrogens with zero attached hydrogens (tertiary/aromatic N) is 1. The smallest absolute Gasteiger partial charge is 0.199 e. The Kier molecular flexibility index (Phi) is 5.80. The molecule has 23 heavy (non-hydrogen) atoms. The molecule has 0 spiro atoms. The van der Waals surface area contributed by atoms with Crippen LogP contribution in [-0.4, -0.2) is 19.7 Å². The number of thioether (sulfide) groups is 1. The molecule has 0 unspecified atom stereocenters. The van der Waals surface area contributed by atoms with Crippen molar-refractivity contribution in [1.29, 1.82) is 0 Å². The van der Waals surface area contributed by atoms with Gasteiger partial charge in [-0.3, -0.25) is 0 Å². The summed E-state index contributed by atoms with van der Waals surface area (Å²) in [5.41, 5.74) is 2.84. The number of aryl methyl sites for hydroxylation is 1. The molecule has 3 nitrogen and oxygen atoms in total. The van der Waals surface area contributed by atoms with E-state index in [-0.39, 0.29) is 4.90 Å². The van der Waals surface area contributed by atoms with Crippen LogP contribution >= 0.6 is 11.8 Å². The third-order valence-electron chi connectivity index (χ3n) is 3.24. The molecule has 0 atom stereocenters. The lowest BCUT2D eigenvalue weighted by molar-refractivity contribution is 0.598. The maximum atomic E-state index is 12.4. The van der Waals surface area contributed by atoms with Gasteiger partial charge in [-0.05, 0) is 49.4 Å². The largest absolute Gasteiger partial charge is 0.283 e. The van der Waals surface area contributed by atoms with Crippen LogP contribution in [0.5, 0.6) is 0 Å². The first-order valence-electron chi connectivity index (χ1n) is 7.12. The van der Waals surface area contributed by atoms with Crippen LogP contribution in [0.1, 0.15) is 18.1 Å². The van der Waals surface area contributed by atoms with Gasteiger partial charge >= 0.3 is 0 Å². The van der Waals surface area contributed by atoms with E-state index < -0.39 is 10.0 Å². The monoisotopic (exact) mass is 345 g/mol. The quantitative estimate of drug-likeness (QED) is 0.603. The number of benzene rings is 2. The Morgan fingerprint density at radius 3 is 2.22 bits per heavy atom. The fraction of sp³-hybridized carbons (Fsp3) is 0.167. The third-order valence-corrected chi connectivity index (χ3v) is 5.44. The van der Waals surface area contributed by atoms with Gasteiger partial charge in [-0.15, -0.1) is 11.8 Å². The zero-order valence-corrected chi connectivity index (χ0v) is 15.0. The van der Waals surface area contributed by atoms with Crippen LogP contribution in [0.4, 0.5) is 0 Å². The third kappa shape index (κ3) is 4.81. The highest BCUT2D eigenvalue weighted by atomic mass is 32.2. The van der Waals surface area contributed by atoms with Crippen LogP contribution in [0.15, 0.2) is 69.5 Å². The molecule has 0 amide bonds. The lowest BCUT2D eigenvalue weighted by Crippen LogP contribution is -2.03. The molecule has 2 aromatic rings. The molecule has 0 saturated heterocycles. The molecule has 120 valence electrons. The molecule has 0 radical (unpaired) electrons. The van der Waals surface area contributed by atoms with Crippen molar-refractivity contribution in [3.63, 3.8) is 0 Å². The molecule has 0 N–H and O–H groups in total. The van der Waals surface area contributed by atoms with Crippen LogP contribution in [0.25, 0.3) is 6.08 Å². The van der Waals surface area contributed by atoms with Gasteiger partial charge in [-0.2, -0.15) is 12.8 Å². The van der Waals surface area contributed by atoms with Crippen molar-refractivity contribution in [2.24, 2.45) is 4.40 Å². The van der Waals surface area contributed by atoms with Gasteiger partial charge in [-0.25, -0.2) is 0 Å². The second-order valence-electron chi connectivity index (χ2n) is 5.13. The van der Waals surface area contributed by atoms with E-state index in [0.717, 1.165) is 16.7 Å². The lowest BCUT2D eigenvalue weighted by atomic mass is 10.1. The van der Waals surface area contributed by atoms with Crippen LogP contribution < -0.4 is 0 Å². The Balaban J connectivity index is 2.37.